The molecule has 0 radical (unpaired) electrons. The topological polar surface area (TPSA) is 92.6 Å². The summed E-state index contributed by atoms with van der Waals surface area (Å²) in [5.74, 6) is -0.0853. The van der Waals surface area contributed by atoms with Gasteiger partial charge in [-0.15, -0.1) is 0 Å². The highest BCUT2D eigenvalue weighted by molar-refractivity contribution is 5.93. The molecule has 2 heterocycles. The average Bonchev–Trinajstić information content (AvgIpc) is 2.86. The largest absolute Gasteiger partial charge is 0.465 e. The zero-order valence-electron chi connectivity index (χ0n) is 12.5. The van der Waals surface area contributed by atoms with Gasteiger partial charge in [0.05, 0.1) is 13.7 Å². The molecule has 0 bridgehead atoms. The molecule has 2 aromatic heterocycles. The van der Waals surface area contributed by atoms with E-state index in [9.17, 15) is 14.4 Å². The second-order valence-electron chi connectivity index (χ2n) is 4.75. The molecule has 0 aliphatic heterocycles. The first-order valence-electron chi connectivity index (χ1n) is 6.54. The van der Waals surface area contributed by atoms with E-state index in [4.69, 9.17) is 4.42 Å². The summed E-state index contributed by atoms with van der Waals surface area (Å²) in [7, 11) is 2.83. The van der Waals surface area contributed by atoms with Gasteiger partial charge in [0.25, 0.3) is 11.5 Å². The van der Waals surface area contributed by atoms with E-state index in [-0.39, 0.29) is 12.1 Å². The maximum Gasteiger partial charge on any atom is 0.341 e. The minimum absolute atomic E-state index is 0.0430. The van der Waals surface area contributed by atoms with E-state index in [0.29, 0.717) is 17.1 Å². The second-order valence-corrected chi connectivity index (χ2v) is 4.75. The molecule has 0 aromatic carbocycles. The third kappa shape index (κ3) is 3.08. The number of amides is 1. The quantitative estimate of drug-likeness (QED) is 0.860. The summed E-state index contributed by atoms with van der Waals surface area (Å²) in [6.45, 7) is 1.77. The van der Waals surface area contributed by atoms with Crippen molar-refractivity contribution in [2.24, 2.45) is 0 Å². The molecule has 0 fully saturated rings. The van der Waals surface area contributed by atoms with Crippen LogP contribution in [-0.2, 0) is 11.3 Å². The molecule has 7 heteroatoms. The van der Waals surface area contributed by atoms with Gasteiger partial charge in [0.1, 0.15) is 22.6 Å². The van der Waals surface area contributed by atoms with Crippen LogP contribution < -0.4 is 5.56 Å². The van der Waals surface area contributed by atoms with Crippen molar-refractivity contribution in [3.05, 3.63) is 57.4 Å². The highest BCUT2D eigenvalue weighted by atomic mass is 16.5. The number of H-pyrrole nitrogens is 1. The average molecular weight is 304 g/mol. The fraction of sp³-hybridized carbons (Fsp3) is 0.267. The molecule has 0 unspecified atom stereocenters. The van der Waals surface area contributed by atoms with Crippen LogP contribution in [0.5, 0.6) is 0 Å². The molecule has 22 heavy (non-hydrogen) atoms. The lowest BCUT2D eigenvalue weighted by atomic mass is 10.2. The Morgan fingerprint density at radius 2 is 2.09 bits per heavy atom. The molecule has 7 nitrogen and oxygen atoms in total. The van der Waals surface area contributed by atoms with Gasteiger partial charge in [0, 0.05) is 13.2 Å². The maximum absolute atomic E-state index is 12.2. The number of ether oxygens (including phenoxy) is 1. The Hall–Kier alpha value is -2.83. The van der Waals surface area contributed by atoms with Crippen LogP contribution in [-0.4, -0.2) is 35.9 Å². The number of carbonyl (C=O) groups excluding carboxylic acids is 2. The van der Waals surface area contributed by atoms with E-state index in [1.165, 1.54) is 30.3 Å². The van der Waals surface area contributed by atoms with Gasteiger partial charge in [-0.2, -0.15) is 0 Å². The molecule has 2 aromatic rings. The van der Waals surface area contributed by atoms with Crippen LogP contribution in [0.4, 0.5) is 0 Å². The van der Waals surface area contributed by atoms with Crippen LogP contribution in [0.2, 0.25) is 0 Å². The number of aromatic amines is 1. The lowest BCUT2D eigenvalue weighted by molar-refractivity contribution is 0.0598. The number of carbonyl (C=O) groups is 2. The van der Waals surface area contributed by atoms with E-state index < -0.39 is 17.4 Å². The highest BCUT2D eigenvalue weighted by Crippen LogP contribution is 2.17. The zero-order valence-corrected chi connectivity index (χ0v) is 12.5. The number of methoxy groups -OCH3 is 1. The van der Waals surface area contributed by atoms with Crippen molar-refractivity contribution in [2.75, 3.05) is 14.2 Å². The first-order valence-corrected chi connectivity index (χ1v) is 6.54. The lowest BCUT2D eigenvalue weighted by Gasteiger charge is -2.14. The molecule has 0 spiro atoms. The van der Waals surface area contributed by atoms with Gasteiger partial charge in [-0.25, -0.2) is 4.79 Å². The predicted octanol–water partition coefficient (Wildman–Crippen LogP) is 1.34. The van der Waals surface area contributed by atoms with Crippen molar-refractivity contribution in [2.45, 2.75) is 13.5 Å². The van der Waals surface area contributed by atoms with Crippen molar-refractivity contribution in [3.63, 3.8) is 0 Å². The number of hydrogen-bond donors (Lipinski definition) is 1. The SMILES string of the molecule is COC(=O)c1cc(CN(C)C(=O)c2ccc[nH]c2=O)oc1C. The van der Waals surface area contributed by atoms with Crippen molar-refractivity contribution < 1.29 is 18.7 Å². The molecular formula is C15H16N2O5. The molecule has 0 aliphatic carbocycles. The Balaban J connectivity index is 2.17. The summed E-state index contributed by atoms with van der Waals surface area (Å²) < 4.78 is 10.1. The summed E-state index contributed by atoms with van der Waals surface area (Å²) in [6, 6.07) is 4.56. The van der Waals surface area contributed by atoms with E-state index in [1.807, 2.05) is 0 Å². The monoisotopic (exact) mass is 304 g/mol. The number of nitrogens with one attached hydrogen (secondary N) is 1. The van der Waals surface area contributed by atoms with Gasteiger partial charge in [-0.05, 0) is 25.1 Å². The van der Waals surface area contributed by atoms with Crippen LogP contribution in [0.1, 0.15) is 32.2 Å². The van der Waals surface area contributed by atoms with Crippen LogP contribution in [0.25, 0.3) is 0 Å². The van der Waals surface area contributed by atoms with Crippen molar-refractivity contribution in [1.82, 2.24) is 9.88 Å². The summed E-state index contributed by atoms with van der Waals surface area (Å²) in [4.78, 5) is 39.2. The number of rotatable bonds is 4. The fourth-order valence-electron chi connectivity index (χ4n) is 2.04. The van der Waals surface area contributed by atoms with Gasteiger partial charge >= 0.3 is 5.97 Å². The molecule has 0 aliphatic rings. The summed E-state index contributed by atoms with van der Waals surface area (Å²) in [5, 5.41) is 0. The number of hydrogen-bond acceptors (Lipinski definition) is 5. The molecular weight excluding hydrogens is 288 g/mol. The Bertz CT molecular complexity index is 759. The molecule has 116 valence electrons. The standard InChI is InChI=1S/C15H16N2O5/c1-9-12(15(20)21-3)7-10(22-9)8-17(2)14(19)11-5-4-6-16-13(11)18/h4-7H,8H2,1-3H3,(H,16,18). The second kappa shape index (κ2) is 6.30. The molecule has 0 saturated heterocycles. The van der Waals surface area contributed by atoms with Gasteiger partial charge in [0.15, 0.2) is 0 Å². The first kappa shape index (κ1) is 15.6. The van der Waals surface area contributed by atoms with Crippen LogP contribution >= 0.6 is 0 Å². The van der Waals surface area contributed by atoms with Crippen LogP contribution in [0.15, 0.2) is 33.6 Å². The third-order valence-corrected chi connectivity index (χ3v) is 3.16. The number of furan rings is 1. The number of esters is 1. The fourth-order valence-corrected chi connectivity index (χ4v) is 2.04. The van der Waals surface area contributed by atoms with Crippen molar-refractivity contribution in [1.29, 1.82) is 0 Å². The Labute approximate surface area is 126 Å². The lowest BCUT2D eigenvalue weighted by Crippen LogP contribution is -2.30. The number of aromatic nitrogens is 1. The maximum atomic E-state index is 12.2. The molecule has 2 rings (SSSR count). The smallest absolute Gasteiger partial charge is 0.341 e. The third-order valence-electron chi connectivity index (χ3n) is 3.16. The van der Waals surface area contributed by atoms with Crippen molar-refractivity contribution >= 4 is 11.9 Å². The minimum atomic E-state index is -0.499. The highest BCUT2D eigenvalue weighted by Gasteiger charge is 2.19. The van der Waals surface area contributed by atoms with Crippen LogP contribution in [0, 0.1) is 6.92 Å². The van der Waals surface area contributed by atoms with Gasteiger partial charge in [-0.1, -0.05) is 0 Å². The Morgan fingerprint density at radius 3 is 2.73 bits per heavy atom. The Kier molecular flexibility index (Phi) is 4.45. The summed E-state index contributed by atoms with van der Waals surface area (Å²) in [5.41, 5.74) is -0.0948. The minimum Gasteiger partial charge on any atom is -0.465 e. The van der Waals surface area contributed by atoms with E-state index >= 15 is 0 Å². The van der Waals surface area contributed by atoms with Gasteiger partial charge in [0.2, 0.25) is 0 Å². The van der Waals surface area contributed by atoms with E-state index in [0.717, 1.165) is 0 Å². The summed E-state index contributed by atoms with van der Waals surface area (Å²) >= 11 is 0. The molecule has 1 N–H and O–H groups in total. The first-order chi connectivity index (χ1) is 10.4. The predicted molar refractivity (Wildman–Crippen MR) is 77.6 cm³/mol. The normalized spacial score (nSPS) is 10.3. The van der Waals surface area contributed by atoms with E-state index in [1.54, 1.807) is 20.0 Å². The summed E-state index contributed by atoms with van der Waals surface area (Å²) in [6.07, 6.45) is 1.46. The zero-order chi connectivity index (χ0) is 16.3. The molecule has 0 atom stereocenters. The number of aryl methyl sites for hydroxylation is 1. The van der Waals surface area contributed by atoms with Gasteiger partial charge < -0.3 is 19.0 Å². The Morgan fingerprint density at radius 1 is 1.36 bits per heavy atom. The van der Waals surface area contributed by atoms with Crippen LogP contribution in [0.3, 0.4) is 0 Å². The van der Waals surface area contributed by atoms with Crippen molar-refractivity contribution in [3.8, 4) is 0 Å². The van der Waals surface area contributed by atoms with E-state index in [2.05, 4.69) is 9.72 Å². The number of pyridine rings is 1. The molecule has 0 saturated carbocycles. The van der Waals surface area contributed by atoms with Gasteiger partial charge in [-0.3, -0.25) is 9.59 Å². The number of nitrogens with zero attached hydrogens (tertiary/aromatic N) is 1. The molecule has 1 amide bonds.